The lowest BCUT2D eigenvalue weighted by Crippen LogP contribution is -2.38. The smallest absolute Gasteiger partial charge is 0.274 e. The molecule has 0 saturated heterocycles. The zero-order valence-corrected chi connectivity index (χ0v) is 16.4. The van der Waals surface area contributed by atoms with Gasteiger partial charge in [-0.15, -0.1) is 0 Å². The molecule has 150 valence electrons. The Kier molecular flexibility index (Phi) is 3.80. The van der Waals surface area contributed by atoms with Crippen LogP contribution in [0.3, 0.4) is 0 Å². The molecule has 1 aromatic carbocycles. The Hall–Kier alpha value is -2.26. The molecule has 2 heterocycles. The van der Waals surface area contributed by atoms with E-state index in [4.69, 9.17) is 17.3 Å². The zero-order chi connectivity index (χ0) is 20.6. The molecule has 3 aliphatic rings. The Balaban J connectivity index is 1.55. The second-order valence-corrected chi connectivity index (χ2v) is 9.45. The first-order chi connectivity index (χ1) is 13.8. The maximum absolute atomic E-state index is 14.8. The number of alkyl halides is 1. The standard InChI is InChI=1S/C19H14ClF3N4OS/c20-9-1-2-13(25-5-9)15(28)26-10-3-11(14(23)12(22)4-10)19(8-21)17-6-18(17,7-17)29-16(24)27-19/h1-5H,6-8H2,(H2,24,27)(H,26,28)/t17?,18?,19-/m1/s1. The first-order valence-electron chi connectivity index (χ1n) is 8.79. The Bertz CT molecular complexity index is 1090. The van der Waals surface area contributed by atoms with E-state index in [0.29, 0.717) is 17.9 Å². The number of nitrogens with zero attached hydrogens (tertiary/aromatic N) is 2. The number of amides is 1. The largest absolute Gasteiger partial charge is 0.378 e. The number of aromatic nitrogens is 1. The predicted octanol–water partition coefficient (Wildman–Crippen LogP) is 4.02. The van der Waals surface area contributed by atoms with E-state index >= 15 is 0 Å². The van der Waals surface area contributed by atoms with Gasteiger partial charge in [-0.25, -0.2) is 23.1 Å². The van der Waals surface area contributed by atoms with Crippen molar-refractivity contribution in [3.05, 3.63) is 58.4 Å². The van der Waals surface area contributed by atoms with E-state index in [1.54, 1.807) is 0 Å². The SMILES string of the molecule is NC1=N[C@](CF)(c2cc(NC(=O)c3ccc(Cl)cn3)cc(F)c2F)C23CC2(C3)S1. The van der Waals surface area contributed by atoms with Crippen LogP contribution in [0.5, 0.6) is 0 Å². The minimum Gasteiger partial charge on any atom is -0.378 e. The molecule has 0 unspecified atom stereocenters. The fraction of sp³-hybridized carbons (Fsp3) is 0.316. The highest BCUT2D eigenvalue weighted by Crippen LogP contribution is 2.92. The van der Waals surface area contributed by atoms with Crippen molar-refractivity contribution in [2.75, 3.05) is 12.0 Å². The minimum atomic E-state index is -1.59. The van der Waals surface area contributed by atoms with Gasteiger partial charge in [-0.3, -0.25) is 4.79 Å². The quantitative estimate of drug-likeness (QED) is 0.755. The van der Waals surface area contributed by atoms with E-state index in [9.17, 15) is 18.0 Å². The topological polar surface area (TPSA) is 80.4 Å². The molecule has 10 heteroatoms. The van der Waals surface area contributed by atoms with Gasteiger partial charge in [0.25, 0.3) is 5.91 Å². The lowest BCUT2D eigenvalue weighted by molar-refractivity contribution is 0.102. The number of thioether (sulfide) groups is 1. The number of anilines is 1. The number of hydrogen-bond donors (Lipinski definition) is 2. The van der Waals surface area contributed by atoms with E-state index in [2.05, 4.69) is 15.3 Å². The molecule has 1 aliphatic heterocycles. The molecule has 2 aromatic rings. The molecule has 29 heavy (non-hydrogen) atoms. The molecule has 0 radical (unpaired) electrons. The van der Waals surface area contributed by atoms with Crippen molar-refractivity contribution in [3.63, 3.8) is 0 Å². The molecule has 2 saturated carbocycles. The van der Waals surface area contributed by atoms with Gasteiger partial charge in [-0.2, -0.15) is 0 Å². The number of amidine groups is 1. The van der Waals surface area contributed by atoms with Crippen LogP contribution in [0.4, 0.5) is 18.9 Å². The van der Waals surface area contributed by atoms with Gasteiger partial charge in [0.2, 0.25) is 0 Å². The zero-order valence-electron chi connectivity index (χ0n) is 14.8. The second-order valence-electron chi connectivity index (χ2n) is 7.61. The number of rotatable bonds is 4. The van der Waals surface area contributed by atoms with Crippen LogP contribution >= 0.6 is 23.4 Å². The number of nitrogens with one attached hydrogen (secondary N) is 1. The second kappa shape index (κ2) is 5.89. The van der Waals surface area contributed by atoms with Crippen LogP contribution in [0, 0.1) is 17.0 Å². The number of carbonyl (C=O) groups excluding carboxylic acids is 1. The summed E-state index contributed by atoms with van der Waals surface area (Å²) in [6.07, 6.45) is 2.58. The van der Waals surface area contributed by atoms with Crippen LogP contribution in [0.2, 0.25) is 5.02 Å². The fourth-order valence-corrected chi connectivity index (χ4v) is 6.12. The summed E-state index contributed by atoms with van der Waals surface area (Å²) in [6, 6.07) is 4.95. The molecule has 2 aliphatic carbocycles. The number of benzene rings is 1. The Labute approximate surface area is 172 Å². The summed E-state index contributed by atoms with van der Waals surface area (Å²) in [5.74, 6) is -3.03. The summed E-state index contributed by atoms with van der Waals surface area (Å²) in [5.41, 5.74) is 3.52. The van der Waals surface area contributed by atoms with Gasteiger partial charge in [0.15, 0.2) is 16.8 Å². The third-order valence-corrected chi connectivity index (χ3v) is 7.67. The molecule has 3 N–H and O–H groups in total. The summed E-state index contributed by atoms with van der Waals surface area (Å²) in [6.45, 7) is -1.01. The number of nitrogens with two attached hydrogens (primary N) is 1. The van der Waals surface area contributed by atoms with Crippen molar-refractivity contribution in [2.45, 2.75) is 23.1 Å². The van der Waals surface area contributed by atoms with Crippen LogP contribution in [0.1, 0.15) is 28.9 Å². The summed E-state index contributed by atoms with van der Waals surface area (Å²) in [5, 5.41) is 2.98. The molecular formula is C19H14ClF3N4OS. The van der Waals surface area contributed by atoms with Gasteiger partial charge in [0, 0.05) is 33.7 Å². The average molecular weight is 439 g/mol. The Morgan fingerprint density at radius 3 is 2.72 bits per heavy atom. The highest BCUT2D eigenvalue weighted by molar-refractivity contribution is 8.15. The van der Waals surface area contributed by atoms with Gasteiger partial charge in [-0.05, 0) is 31.0 Å². The fourth-order valence-electron chi connectivity index (χ4n) is 4.41. The van der Waals surface area contributed by atoms with Crippen LogP contribution in [-0.4, -0.2) is 27.5 Å². The summed E-state index contributed by atoms with van der Waals surface area (Å²) in [7, 11) is 0. The maximum Gasteiger partial charge on any atom is 0.274 e. The third-order valence-electron chi connectivity index (χ3n) is 6.07. The van der Waals surface area contributed by atoms with Crippen LogP contribution < -0.4 is 11.1 Å². The van der Waals surface area contributed by atoms with Gasteiger partial charge in [-0.1, -0.05) is 23.4 Å². The van der Waals surface area contributed by atoms with E-state index in [1.807, 2.05) is 0 Å². The predicted molar refractivity (Wildman–Crippen MR) is 105 cm³/mol. The number of carbonyl (C=O) groups is 1. The maximum atomic E-state index is 14.8. The highest BCUT2D eigenvalue weighted by Gasteiger charge is 2.92. The molecule has 0 bridgehead atoms. The van der Waals surface area contributed by atoms with E-state index in [-0.39, 0.29) is 26.9 Å². The Morgan fingerprint density at radius 2 is 2.07 bits per heavy atom. The number of halogens is 4. The van der Waals surface area contributed by atoms with Crippen LogP contribution in [0.15, 0.2) is 35.5 Å². The van der Waals surface area contributed by atoms with Crippen molar-refractivity contribution >= 4 is 40.1 Å². The van der Waals surface area contributed by atoms with Crippen molar-refractivity contribution in [2.24, 2.45) is 16.1 Å². The molecule has 1 amide bonds. The van der Waals surface area contributed by atoms with Crippen LogP contribution in [0.25, 0.3) is 0 Å². The van der Waals surface area contributed by atoms with Crippen LogP contribution in [-0.2, 0) is 5.54 Å². The molecule has 2 fully saturated rings. The van der Waals surface area contributed by atoms with Gasteiger partial charge >= 0.3 is 0 Å². The number of aliphatic imine (C=N–C) groups is 1. The van der Waals surface area contributed by atoms with E-state index in [1.165, 1.54) is 36.2 Å². The molecule has 5 nitrogen and oxygen atoms in total. The highest BCUT2D eigenvalue weighted by atomic mass is 35.5. The third kappa shape index (κ3) is 2.46. The average Bonchev–Trinajstić information content (AvgIpc) is 3.51. The van der Waals surface area contributed by atoms with Gasteiger partial charge in [0.05, 0.1) is 5.02 Å². The molecule has 1 aromatic heterocycles. The van der Waals surface area contributed by atoms with Gasteiger partial charge in [0.1, 0.15) is 17.9 Å². The summed E-state index contributed by atoms with van der Waals surface area (Å²) in [4.78, 5) is 20.5. The number of hydrogen-bond acceptors (Lipinski definition) is 5. The molecular weight excluding hydrogens is 425 g/mol. The Morgan fingerprint density at radius 1 is 1.31 bits per heavy atom. The number of pyridine rings is 1. The lowest BCUT2D eigenvalue weighted by Gasteiger charge is -2.33. The van der Waals surface area contributed by atoms with E-state index < -0.39 is 35.2 Å². The van der Waals surface area contributed by atoms with E-state index in [0.717, 1.165) is 6.07 Å². The van der Waals surface area contributed by atoms with Crippen molar-refractivity contribution < 1.29 is 18.0 Å². The van der Waals surface area contributed by atoms with Gasteiger partial charge < -0.3 is 11.1 Å². The molecule has 1 atom stereocenters. The normalized spacial score (nSPS) is 31.4. The minimum absolute atomic E-state index is 0.0243. The first kappa shape index (κ1) is 18.7. The summed E-state index contributed by atoms with van der Waals surface area (Å²) < 4.78 is 43.4. The van der Waals surface area contributed by atoms with Crippen molar-refractivity contribution in [3.8, 4) is 0 Å². The van der Waals surface area contributed by atoms with Crippen molar-refractivity contribution in [1.29, 1.82) is 0 Å². The lowest BCUT2D eigenvalue weighted by atomic mass is 9.80. The summed E-state index contributed by atoms with van der Waals surface area (Å²) >= 11 is 7.13. The first-order valence-corrected chi connectivity index (χ1v) is 9.98. The molecule has 5 rings (SSSR count). The monoisotopic (exact) mass is 438 g/mol. The van der Waals surface area contributed by atoms with Crippen molar-refractivity contribution in [1.82, 2.24) is 4.98 Å². The molecule has 0 spiro atoms.